The predicted molar refractivity (Wildman–Crippen MR) is 133 cm³/mol. The van der Waals surface area contributed by atoms with Gasteiger partial charge in [-0.3, -0.25) is 24.3 Å². The summed E-state index contributed by atoms with van der Waals surface area (Å²) in [7, 11) is -1.46. The van der Waals surface area contributed by atoms with Crippen molar-refractivity contribution >= 4 is 36.7 Å². The number of nitrogens with zero attached hydrogens (tertiary/aromatic N) is 3. The zero-order chi connectivity index (χ0) is 27.6. The molecule has 4 amide bonds. The molecule has 0 spiro atoms. The van der Waals surface area contributed by atoms with Gasteiger partial charge >= 0.3 is 30.9 Å². The molecular formula is C25H27BN4O8. The summed E-state index contributed by atoms with van der Waals surface area (Å²) in [4.78, 5) is 69.1. The molecule has 0 aliphatic carbocycles. The minimum absolute atomic E-state index is 0.0187. The summed E-state index contributed by atoms with van der Waals surface area (Å²) < 4.78 is 5.49. The molecule has 1 saturated heterocycles. The minimum Gasteiger partial charge on any atom is -0.535 e. The van der Waals surface area contributed by atoms with E-state index >= 15 is 0 Å². The molecule has 198 valence electrons. The molecule has 0 radical (unpaired) electrons. The van der Waals surface area contributed by atoms with E-state index in [1.807, 2.05) is 0 Å². The number of fused-ring (bicyclic) bond motifs is 1. The number of aromatic carboxylic acids is 1. The van der Waals surface area contributed by atoms with Crippen molar-refractivity contribution in [3.63, 3.8) is 0 Å². The third-order valence-electron chi connectivity index (χ3n) is 6.71. The summed E-state index contributed by atoms with van der Waals surface area (Å²) >= 11 is 0. The van der Waals surface area contributed by atoms with Crippen LogP contribution in [-0.2, 0) is 20.8 Å². The number of hydrogen-bond acceptors (Lipinski definition) is 8. The molecule has 2 aliphatic heterocycles. The number of carboxylic acids is 1. The molecule has 1 fully saturated rings. The number of hydrogen-bond donors (Lipinski definition) is 3. The zero-order valence-electron chi connectivity index (χ0n) is 20.9. The van der Waals surface area contributed by atoms with Gasteiger partial charge < -0.3 is 25.0 Å². The van der Waals surface area contributed by atoms with Gasteiger partial charge in [-0.2, -0.15) is 0 Å². The molecule has 1 aromatic heterocycles. The largest absolute Gasteiger partial charge is 0.535 e. The van der Waals surface area contributed by atoms with Gasteiger partial charge in [-0.25, -0.2) is 9.59 Å². The maximum absolute atomic E-state index is 13.5. The maximum Gasteiger partial charge on any atom is 0.526 e. The second-order valence-electron chi connectivity index (χ2n) is 9.20. The van der Waals surface area contributed by atoms with Gasteiger partial charge in [-0.15, -0.1) is 0 Å². The molecule has 1 unspecified atom stereocenters. The number of nitrogens with one attached hydrogen (secondary N) is 1. The maximum atomic E-state index is 13.5. The number of rotatable bonds is 7. The van der Waals surface area contributed by atoms with E-state index in [0.29, 0.717) is 23.4 Å². The Labute approximate surface area is 218 Å². The van der Waals surface area contributed by atoms with Gasteiger partial charge in [0.1, 0.15) is 11.8 Å². The number of benzene rings is 1. The summed E-state index contributed by atoms with van der Waals surface area (Å²) in [6.45, 7) is 3.98. The zero-order valence-corrected chi connectivity index (χ0v) is 20.9. The number of para-hydroxylation sites is 1. The normalized spacial score (nSPS) is 18.0. The second-order valence-corrected chi connectivity index (χ2v) is 9.20. The van der Waals surface area contributed by atoms with Crippen molar-refractivity contribution in [2.45, 2.75) is 38.5 Å². The molecule has 2 aliphatic rings. The highest BCUT2D eigenvalue weighted by Gasteiger charge is 2.41. The highest BCUT2D eigenvalue weighted by atomic mass is 16.5. The number of piperazine rings is 1. The Kier molecular flexibility index (Phi) is 7.76. The summed E-state index contributed by atoms with van der Waals surface area (Å²) in [5, 5.41) is 22.6. The van der Waals surface area contributed by atoms with Crippen LogP contribution in [0.2, 0.25) is 5.82 Å². The van der Waals surface area contributed by atoms with E-state index in [1.54, 1.807) is 38.1 Å². The molecule has 1 aromatic carbocycles. The number of carboxylic acid groups (broad SMARTS) is 1. The third kappa shape index (κ3) is 5.37. The lowest BCUT2D eigenvalue weighted by molar-refractivity contribution is -0.153. The molecule has 4 rings (SSSR count). The average molecular weight is 522 g/mol. The molecule has 3 N–H and O–H groups in total. The fourth-order valence-corrected chi connectivity index (χ4v) is 4.57. The Morgan fingerprint density at radius 1 is 1.18 bits per heavy atom. The van der Waals surface area contributed by atoms with Crippen LogP contribution >= 0.6 is 0 Å². The molecule has 0 saturated carbocycles. The first kappa shape index (κ1) is 26.8. The van der Waals surface area contributed by atoms with E-state index in [2.05, 4.69) is 10.3 Å². The van der Waals surface area contributed by atoms with Crippen LogP contribution in [0, 0.1) is 6.92 Å². The Hall–Kier alpha value is -4.26. The number of urea groups is 1. The van der Waals surface area contributed by atoms with Crippen LogP contribution in [0.25, 0.3) is 0 Å². The van der Waals surface area contributed by atoms with Crippen LogP contribution in [0.5, 0.6) is 5.75 Å². The second kappa shape index (κ2) is 11.0. The predicted octanol–water partition coefficient (Wildman–Crippen LogP) is 0.975. The van der Waals surface area contributed by atoms with Crippen LogP contribution in [0.15, 0.2) is 36.5 Å². The molecule has 2 aromatic rings. The number of ketones is 1. The first-order valence-electron chi connectivity index (χ1n) is 12.2. The number of amides is 4. The highest BCUT2D eigenvalue weighted by Crippen LogP contribution is 2.37. The van der Waals surface area contributed by atoms with Crippen LogP contribution in [0.1, 0.15) is 46.6 Å². The Balaban J connectivity index is 1.54. The molecule has 38 heavy (non-hydrogen) atoms. The van der Waals surface area contributed by atoms with Crippen molar-refractivity contribution in [1.82, 2.24) is 20.1 Å². The summed E-state index contributed by atoms with van der Waals surface area (Å²) in [6, 6.07) is 5.75. The molecule has 3 heterocycles. The number of Topliss-reactive ketones (excluding diaryl/α,β-unsaturated/α-hetero) is 1. The molecule has 13 heteroatoms. The standard InChI is InChI=1S/C25H27BN4O8/c1-3-29-9-10-30(23(33)22(29)32)25(36)28-20(16-8-7-14(2)27-13-16)19(31)12-17-11-15-5-4-6-18(24(34)35)21(15)38-26(17)37/h4-8,13,17,20,37H,3,9-12H2,1-2H3,(H,28,36)(H,34,35)/t17-,20?/m1/s1. The van der Waals surface area contributed by atoms with Crippen molar-refractivity contribution in [3.05, 3.63) is 58.9 Å². The fourth-order valence-electron chi connectivity index (χ4n) is 4.57. The number of aromatic nitrogens is 1. The van der Waals surface area contributed by atoms with E-state index in [0.717, 1.165) is 4.90 Å². The Morgan fingerprint density at radius 2 is 1.95 bits per heavy atom. The highest BCUT2D eigenvalue weighted by molar-refractivity contribution is 6.47. The first-order valence-corrected chi connectivity index (χ1v) is 12.2. The summed E-state index contributed by atoms with van der Waals surface area (Å²) in [5.74, 6) is -4.14. The number of carbonyl (C=O) groups is 5. The molecular weight excluding hydrogens is 495 g/mol. The molecule has 12 nitrogen and oxygen atoms in total. The quantitative estimate of drug-likeness (QED) is 0.355. The van der Waals surface area contributed by atoms with Crippen molar-refractivity contribution in [1.29, 1.82) is 0 Å². The lowest BCUT2D eigenvalue weighted by Gasteiger charge is -2.33. The first-order chi connectivity index (χ1) is 18.1. The van der Waals surface area contributed by atoms with Gasteiger partial charge in [-0.05, 0) is 38.0 Å². The van der Waals surface area contributed by atoms with Gasteiger partial charge in [0, 0.05) is 49.3 Å². The number of imide groups is 1. The van der Waals surface area contributed by atoms with Crippen LogP contribution in [0.4, 0.5) is 4.79 Å². The monoisotopic (exact) mass is 522 g/mol. The SMILES string of the molecule is CCN1CCN(C(=O)NC(C(=O)C[C@H]2Cc3cccc(C(=O)O)c3OB2O)c2ccc(C)nc2)C(=O)C1=O. The van der Waals surface area contributed by atoms with Crippen LogP contribution in [0.3, 0.4) is 0 Å². The van der Waals surface area contributed by atoms with E-state index in [9.17, 15) is 34.1 Å². The Bertz CT molecular complexity index is 1280. The van der Waals surface area contributed by atoms with E-state index in [1.165, 1.54) is 17.2 Å². The third-order valence-corrected chi connectivity index (χ3v) is 6.71. The van der Waals surface area contributed by atoms with Crippen LogP contribution < -0.4 is 9.97 Å². The smallest absolute Gasteiger partial charge is 0.526 e. The number of aryl methyl sites for hydroxylation is 1. The summed E-state index contributed by atoms with van der Waals surface area (Å²) in [6.07, 6.45) is 1.37. The van der Waals surface area contributed by atoms with Gasteiger partial charge in [0.25, 0.3) is 0 Å². The van der Waals surface area contributed by atoms with Gasteiger partial charge in [-0.1, -0.05) is 18.2 Å². The lowest BCUT2D eigenvalue weighted by Crippen LogP contribution is -2.58. The van der Waals surface area contributed by atoms with Crippen molar-refractivity contribution in [2.75, 3.05) is 19.6 Å². The number of pyridine rings is 1. The number of likely N-dealkylation sites (N-methyl/N-ethyl adjacent to an activating group) is 1. The van der Waals surface area contributed by atoms with Gasteiger partial charge in [0.15, 0.2) is 5.78 Å². The minimum atomic E-state index is -1.46. The van der Waals surface area contributed by atoms with Crippen LogP contribution in [-0.4, -0.2) is 81.3 Å². The molecule has 0 bridgehead atoms. The van der Waals surface area contributed by atoms with Gasteiger partial charge in [0.05, 0.1) is 5.56 Å². The van der Waals surface area contributed by atoms with Crippen molar-refractivity contribution in [2.24, 2.45) is 0 Å². The van der Waals surface area contributed by atoms with Crippen molar-refractivity contribution < 1.29 is 38.8 Å². The van der Waals surface area contributed by atoms with E-state index < -0.39 is 48.6 Å². The molecule has 2 atom stereocenters. The summed E-state index contributed by atoms with van der Waals surface area (Å²) in [5.41, 5.74) is 1.48. The van der Waals surface area contributed by atoms with Gasteiger partial charge in [0.2, 0.25) is 0 Å². The number of carbonyl (C=O) groups excluding carboxylic acids is 4. The fraction of sp³-hybridized carbons (Fsp3) is 0.360. The van der Waals surface area contributed by atoms with E-state index in [4.69, 9.17) is 4.65 Å². The van der Waals surface area contributed by atoms with E-state index in [-0.39, 0.29) is 37.2 Å². The topological polar surface area (TPSA) is 166 Å². The average Bonchev–Trinajstić information content (AvgIpc) is 2.89. The Morgan fingerprint density at radius 3 is 2.61 bits per heavy atom. The lowest BCUT2D eigenvalue weighted by atomic mass is 9.64. The van der Waals surface area contributed by atoms with Crippen molar-refractivity contribution in [3.8, 4) is 5.75 Å².